The normalized spacial score (nSPS) is 12.7. The van der Waals surface area contributed by atoms with E-state index >= 15 is 0 Å². The molecular formula is C12H15Br2F2O3P. The monoisotopic (exact) mass is 434 g/mol. The lowest BCUT2D eigenvalue weighted by Crippen LogP contribution is -2.26. The molecule has 0 aromatic heterocycles. The van der Waals surface area contributed by atoms with Crippen LogP contribution in [0, 0.1) is 0 Å². The van der Waals surface area contributed by atoms with Gasteiger partial charge in [-0.3, -0.25) is 4.57 Å². The molecule has 0 atom stereocenters. The van der Waals surface area contributed by atoms with Crippen molar-refractivity contribution in [3.05, 3.63) is 33.8 Å². The molecule has 20 heavy (non-hydrogen) atoms. The average Bonchev–Trinajstić information content (AvgIpc) is 2.49. The van der Waals surface area contributed by atoms with E-state index in [-0.39, 0.29) is 12.8 Å². The van der Waals surface area contributed by atoms with Gasteiger partial charge in [0.2, 0.25) is 0 Å². The summed E-state index contributed by atoms with van der Waals surface area (Å²) in [6.45, 7) is 3.36. The first-order valence-electron chi connectivity index (χ1n) is 6.00. The molecule has 0 fully saturated rings. The van der Waals surface area contributed by atoms with E-state index in [1.165, 1.54) is 0 Å². The van der Waals surface area contributed by atoms with E-state index in [9.17, 15) is 13.6 Å². The molecule has 0 unspecified atom stereocenters. The molecule has 1 aromatic rings. The second-order valence-corrected chi connectivity index (χ2v) is 7.86. The zero-order valence-electron chi connectivity index (χ0n) is 11.0. The van der Waals surface area contributed by atoms with Crippen molar-refractivity contribution in [2.45, 2.75) is 37.2 Å². The second kappa shape index (κ2) is 7.45. The van der Waals surface area contributed by atoms with Crippen molar-refractivity contribution in [3.63, 3.8) is 0 Å². The lowest BCUT2D eigenvalue weighted by molar-refractivity contribution is -0.0961. The molecule has 0 N–H and O–H groups in total. The predicted octanol–water partition coefficient (Wildman–Crippen LogP) is 6.35. The SMILES string of the molecule is CCC(CC)(c1ccc(CBr)cc1Br)P(=O)(OF)OF. The zero-order chi connectivity index (χ0) is 15.4. The highest BCUT2D eigenvalue weighted by atomic mass is 79.9. The number of benzene rings is 1. The van der Waals surface area contributed by atoms with Crippen molar-refractivity contribution >= 4 is 39.5 Å². The molecule has 0 aliphatic heterocycles. The van der Waals surface area contributed by atoms with Gasteiger partial charge in [0.1, 0.15) is 5.16 Å². The Morgan fingerprint density at radius 1 is 1.25 bits per heavy atom. The van der Waals surface area contributed by atoms with Gasteiger partial charge in [-0.25, -0.2) is 0 Å². The van der Waals surface area contributed by atoms with Crippen LogP contribution in [0.25, 0.3) is 0 Å². The van der Waals surface area contributed by atoms with Crippen molar-refractivity contribution in [3.8, 4) is 0 Å². The highest BCUT2D eigenvalue weighted by Gasteiger charge is 2.53. The fraction of sp³-hybridized carbons (Fsp3) is 0.500. The molecule has 0 saturated carbocycles. The minimum atomic E-state index is -4.57. The number of halogens is 4. The van der Waals surface area contributed by atoms with Gasteiger partial charge in [0.15, 0.2) is 0 Å². The van der Waals surface area contributed by atoms with E-state index in [0.717, 1.165) is 5.56 Å². The Balaban J connectivity index is 3.52. The summed E-state index contributed by atoms with van der Waals surface area (Å²) in [7, 11) is -4.57. The molecular weight excluding hydrogens is 421 g/mol. The molecule has 0 spiro atoms. The smallest absolute Gasteiger partial charge is 0.254 e. The van der Waals surface area contributed by atoms with Gasteiger partial charge < -0.3 is 0 Å². The third-order valence-electron chi connectivity index (χ3n) is 3.56. The third kappa shape index (κ3) is 3.02. The van der Waals surface area contributed by atoms with Gasteiger partial charge in [-0.15, -0.1) is 9.46 Å². The number of alkyl halides is 1. The van der Waals surface area contributed by atoms with Crippen LogP contribution in [-0.4, -0.2) is 0 Å². The van der Waals surface area contributed by atoms with Gasteiger partial charge >= 0.3 is 7.60 Å². The predicted molar refractivity (Wildman–Crippen MR) is 81.0 cm³/mol. The largest absolute Gasteiger partial charge is 0.404 e. The summed E-state index contributed by atoms with van der Waals surface area (Å²) in [5.41, 5.74) is 1.46. The molecule has 0 aliphatic rings. The first-order valence-corrected chi connectivity index (χ1v) is 9.46. The van der Waals surface area contributed by atoms with Crippen LogP contribution in [0.1, 0.15) is 37.8 Å². The highest BCUT2D eigenvalue weighted by molar-refractivity contribution is 9.10. The van der Waals surface area contributed by atoms with E-state index < -0.39 is 12.8 Å². The Kier molecular flexibility index (Phi) is 6.80. The summed E-state index contributed by atoms with van der Waals surface area (Å²) in [6, 6.07) is 5.26. The first kappa shape index (κ1) is 18.2. The fourth-order valence-electron chi connectivity index (χ4n) is 2.33. The zero-order valence-corrected chi connectivity index (χ0v) is 15.1. The number of rotatable bonds is 7. The van der Waals surface area contributed by atoms with Crippen molar-refractivity contribution in [2.24, 2.45) is 0 Å². The van der Waals surface area contributed by atoms with Crippen LogP contribution in [0.4, 0.5) is 9.05 Å². The Labute approximate surface area is 133 Å². The molecule has 0 saturated heterocycles. The van der Waals surface area contributed by atoms with E-state index in [2.05, 4.69) is 41.3 Å². The quantitative estimate of drug-likeness (QED) is 0.369. The van der Waals surface area contributed by atoms with Crippen LogP contribution >= 0.6 is 39.5 Å². The Bertz CT molecular complexity index is 501. The molecule has 114 valence electrons. The average molecular weight is 436 g/mol. The molecule has 0 heterocycles. The molecule has 8 heteroatoms. The minimum absolute atomic E-state index is 0.195. The van der Waals surface area contributed by atoms with Gasteiger partial charge in [0, 0.05) is 9.80 Å². The van der Waals surface area contributed by atoms with Crippen molar-refractivity contribution < 1.29 is 23.1 Å². The maximum Gasteiger partial charge on any atom is 0.404 e. The molecule has 1 aromatic carbocycles. The number of hydrogen-bond donors (Lipinski definition) is 0. The van der Waals surface area contributed by atoms with E-state index in [0.29, 0.717) is 15.4 Å². The highest BCUT2D eigenvalue weighted by Crippen LogP contribution is 2.69. The topological polar surface area (TPSA) is 35.5 Å². The van der Waals surface area contributed by atoms with Crippen LogP contribution in [0.15, 0.2) is 22.7 Å². The van der Waals surface area contributed by atoms with Gasteiger partial charge in [0.05, 0.1) is 0 Å². The fourth-order valence-corrected chi connectivity index (χ4v) is 5.19. The van der Waals surface area contributed by atoms with Gasteiger partial charge in [0.25, 0.3) is 0 Å². The lowest BCUT2D eigenvalue weighted by atomic mass is 9.92. The van der Waals surface area contributed by atoms with Gasteiger partial charge in [-0.05, 0) is 39.1 Å². The van der Waals surface area contributed by atoms with Crippen LogP contribution in [-0.2, 0) is 24.5 Å². The number of hydrogen-bond acceptors (Lipinski definition) is 3. The molecule has 3 nitrogen and oxygen atoms in total. The first-order chi connectivity index (χ1) is 9.44. The molecule has 0 bridgehead atoms. The van der Waals surface area contributed by atoms with Crippen molar-refractivity contribution in [2.75, 3.05) is 0 Å². The maximum absolute atomic E-state index is 12.7. The van der Waals surface area contributed by atoms with Crippen molar-refractivity contribution in [1.82, 2.24) is 0 Å². The van der Waals surface area contributed by atoms with Crippen LogP contribution < -0.4 is 0 Å². The lowest BCUT2D eigenvalue weighted by Gasteiger charge is -2.34. The second-order valence-electron chi connectivity index (χ2n) is 4.32. The maximum atomic E-state index is 12.7. The summed E-state index contributed by atoms with van der Waals surface area (Å²) in [4.78, 5) is 0. The Morgan fingerprint density at radius 3 is 2.15 bits per heavy atom. The summed E-state index contributed by atoms with van der Waals surface area (Å²) in [5, 5.41) is -0.756. The van der Waals surface area contributed by atoms with E-state index in [1.807, 2.05) is 0 Å². The summed E-state index contributed by atoms with van der Waals surface area (Å²) in [6.07, 6.45) is 0.391. The van der Waals surface area contributed by atoms with Crippen LogP contribution in [0.3, 0.4) is 0 Å². The van der Waals surface area contributed by atoms with Crippen LogP contribution in [0.5, 0.6) is 0 Å². The van der Waals surface area contributed by atoms with E-state index in [1.54, 1.807) is 32.0 Å². The Hall–Kier alpha value is 0.190. The molecule has 0 amide bonds. The van der Waals surface area contributed by atoms with Gasteiger partial charge in [-0.1, -0.05) is 57.8 Å². The molecule has 1 rings (SSSR count). The van der Waals surface area contributed by atoms with E-state index in [4.69, 9.17) is 0 Å². The standard InChI is InChI=1S/C12H15Br2F2O3P/c1-3-12(4-2,20(17,18-15)19-16)10-6-5-9(8-13)7-11(10)14/h5-7H,3-4,8H2,1-2H3. The van der Waals surface area contributed by atoms with Gasteiger partial charge in [-0.2, -0.15) is 0 Å². The van der Waals surface area contributed by atoms with Crippen molar-refractivity contribution in [1.29, 1.82) is 0 Å². The summed E-state index contributed by atoms with van der Waals surface area (Å²) < 4.78 is 45.2. The summed E-state index contributed by atoms with van der Waals surface area (Å²) >= 11 is 6.68. The molecule has 0 radical (unpaired) electrons. The molecule has 0 aliphatic carbocycles. The third-order valence-corrected chi connectivity index (χ3v) is 7.15. The van der Waals surface area contributed by atoms with Crippen LogP contribution in [0.2, 0.25) is 0 Å². The minimum Gasteiger partial charge on any atom is -0.254 e. The summed E-state index contributed by atoms with van der Waals surface area (Å²) in [5.74, 6) is 0. The Morgan fingerprint density at radius 2 is 1.80 bits per heavy atom.